The Morgan fingerprint density at radius 1 is 1.46 bits per heavy atom. The number of hydrogen-bond donors (Lipinski definition) is 1. The summed E-state index contributed by atoms with van der Waals surface area (Å²) in [7, 11) is 0. The standard InChI is InChI=1S/C8H8N2O2S/c11-13(12)10-8-4-2-1-3-7(8)5-6-9-10/h1-4,6H,5H2,(H,11,12). The summed E-state index contributed by atoms with van der Waals surface area (Å²) in [6.45, 7) is 0. The van der Waals surface area contributed by atoms with Crippen LogP contribution in [0, 0.1) is 0 Å². The first kappa shape index (κ1) is 8.40. The second-order valence-electron chi connectivity index (χ2n) is 2.63. The molecule has 0 aliphatic carbocycles. The minimum Gasteiger partial charge on any atom is -0.288 e. The van der Waals surface area contributed by atoms with E-state index in [0.29, 0.717) is 12.1 Å². The molecule has 1 N–H and O–H groups in total. The van der Waals surface area contributed by atoms with Gasteiger partial charge in [0.15, 0.2) is 0 Å². The van der Waals surface area contributed by atoms with Gasteiger partial charge >= 0.3 is 0 Å². The van der Waals surface area contributed by atoms with E-state index in [2.05, 4.69) is 5.10 Å². The number of hydrogen-bond acceptors (Lipinski definition) is 2. The predicted octanol–water partition coefficient (Wildman–Crippen LogP) is 1.17. The Morgan fingerprint density at radius 3 is 3.00 bits per heavy atom. The first-order valence-corrected chi connectivity index (χ1v) is 4.87. The highest BCUT2D eigenvalue weighted by Gasteiger charge is 2.17. The van der Waals surface area contributed by atoms with Crippen molar-refractivity contribution in [3.05, 3.63) is 29.8 Å². The van der Waals surface area contributed by atoms with Crippen LogP contribution in [0.2, 0.25) is 0 Å². The average molecular weight is 196 g/mol. The maximum Gasteiger partial charge on any atom is 0.283 e. The van der Waals surface area contributed by atoms with Gasteiger partial charge in [0.2, 0.25) is 0 Å². The van der Waals surface area contributed by atoms with E-state index >= 15 is 0 Å². The van der Waals surface area contributed by atoms with Crippen LogP contribution in [0.3, 0.4) is 0 Å². The second kappa shape index (κ2) is 3.27. The summed E-state index contributed by atoms with van der Waals surface area (Å²) in [6.07, 6.45) is 2.33. The topological polar surface area (TPSA) is 52.9 Å². The molecule has 1 aliphatic rings. The van der Waals surface area contributed by atoms with Crippen molar-refractivity contribution in [2.45, 2.75) is 6.42 Å². The van der Waals surface area contributed by atoms with E-state index in [4.69, 9.17) is 4.55 Å². The molecule has 0 radical (unpaired) electrons. The third kappa shape index (κ3) is 1.48. The predicted molar refractivity (Wildman–Crippen MR) is 51.9 cm³/mol. The van der Waals surface area contributed by atoms with Gasteiger partial charge in [-0.25, -0.2) is 4.21 Å². The Kier molecular flexibility index (Phi) is 2.12. The number of anilines is 1. The molecule has 68 valence electrons. The van der Waals surface area contributed by atoms with Crippen LogP contribution in [0.1, 0.15) is 5.56 Å². The average Bonchev–Trinajstić information content (AvgIpc) is 2.17. The SMILES string of the molecule is O=S(O)N1N=CCc2ccccc21. The van der Waals surface area contributed by atoms with Crippen molar-refractivity contribution in [3.63, 3.8) is 0 Å². The van der Waals surface area contributed by atoms with Crippen molar-refractivity contribution >= 4 is 23.2 Å². The van der Waals surface area contributed by atoms with Crippen LogP contribution in [0.25, 0.3) is 0 Å². The molecule has 0 fully saturated rings. The molecule has 0 saturated carbocycles. The first-order valence-electron chi connectivity index (χ1n) is 3.80. The third-order valence-corrected chi connectivity index (χ3v) is 2.43. The molecule has 0 aromatic heterocycles. The van der Waals surface area contributed by atoms with E-state index < -0.39 is 11.3 Å². The number of rotatable bonds is 1. The Balaban J connectivity index is 2.48. The molecule has 1 aromatic rings. The molecule has 0 bridgehead atoms. The Bertz CT molecular complexity index is 378. The van der Waals surface area contributed by atoms with E-state index in [1.165, 1.54) is 0 Å². The van der Waals surface area contributed by atoms with Gasteiger partial charge in [0, 0.05) is 12.6 Å². The summed E-state index contributed by atoms with van der Waals surface area (Å²) >= 11 is -2.08. The molecule has 0 spiro atoms. The fraction of sp³-hybridized carbons (Fsp3) is 0.125. The molecule has 1 unspecified atom stereocenters. The second-order valence-corrected chi connectivity index (χ2v) is 3.44. The molecule has 1 aromatic carbocycles. The van der Waals surface area contributed by atoms with Crippen LogP contribution in [0.5, 0.6) is 0 Å². The molecule has 1 heterocycles. The lowest BCUT2D eigenvalue weighted by atomic mass is 10.1. The van der Waals surface area contributed by atoms with E-state index in [9.17, 15) is 4.21 Å². The maximum absolute atomic E-state index is 10.8. The Hall–Kier alpha value is -1.20. The molecule has 0 amide bonds. The lowest BCUT2D eigenvalue weighted by Gasteiger charge is -2.20. The quantitative estimate of drug-likeness (QED) is 0.685. The summed E-state index contributed by atoms with van der Waals surface area (Å²) in [6, 6.07) is 7.41. The van der Waals surface area contributed by atoms with Gasteiger partial charge in [0.1, 0.15) is 0 Å². The first-order chi connectivity index (χ1) is 6.29. The molecule has 5 heteroatoms. The van der Waals surface area contributed by atoms with E-state index in [1.807, 2.05) is 18.2 Å². The Morgan fingerprint density at radius 2 is 2.23 bits per heavy atom. The smallest absolute Gasteiger partial charge is 0.283 e. The van der Waals surface area contributed by atoms with Crippen molar-refractivity contribution in [2.24, 2.45) is 5.10 Å². The molecule has 4 nitrogen and oxygen atoms in total. The molecule has 1 aliphatic heterocycles. The number of para-hydroxylation sites is 1. The van der Waals surface area contributed by atoms with Crippen molar-refractivity contribution < 1.29 is 8.76 Å². The molecule has 1 atom stereocenters. The van der Waals surface area contributed by atoms with Crippen molar-refractivity contribution in [1.29, 1.82) is 0 Å². The van der Waals surface area contributed by atoms with Crippen LogP contribution < -0.4 is 4.41 Å². The van der Waals surface area contributed by atoms with Crippen molar-refractivity contribution in [1.82, 2.24) is 0 Å². The minimum absolute atomic E-state index is 0.700. The van der Waals surface area contributed by atoms with Crippen LogP contribution >= 0.6 is 0 Å². The summed E-state index contributed by atoms with van der Waals surface area (Å²) in [5, 5.41) is 3.83. The highest BCUT2D eigenvalue weighted by molar-refractivity contribution is 7.80. The minimum atomic E-state index is -2.08. The van der Waals surface area contributed by atoms with Gasteiger partial charge in [-0.2, -0.15) is 9.52 Å². The van der Waals surface area contributed by atoms with Gasteiger partial charge < -0.3 is 0 Å². The highest BCUT2D eigenvalue weighted by Crippen LogP contribution is 2.24. The fourth-order valence-corrected chi connectivity index (χ4v) is 1.76. The summed E-state index contributed by atoms with van der Waals surface area (Å²) in [5.74, 6) is 0. The number of nitrogens with zero attached hydrogens (tertiary/aromatic N) is 2. The maximum atomic E-state index is 10.8. The van der Waals surface area contributed by atoms with Crippen molar-refractivity contribution in [3.8, 4) is 0 Å². The van der Waals surface area contributed by atoms with Gasteiger partial charge in [0.05, 0.1) is 5.69 Å². The lowest BCUT2D eigenvalue weighted by molar-refractivity contribution is 0.560. The third-order valence-electron chi connectivity index (χ3n) is 1.84. The van der Waals surface area contributed by atoms with E-state index in [0.717, 1.165) is 9.98 Å². The van der Waals surface area contributed by atoms with Gasteiger partial charge in [0.25, 0.3) is 11.3 Å². The summed E-state index contributed by atoms with van der Waals surface area (Å²) in [5.41, 5.74) is 1.71. The van der Waals surface area contributed by atoms with Crippen LogP contribution in [0.15, 0.2) is 29.4 Å². The fourth-order valence-electron chi connectivity index (χ4n) is 1.27. The van der Waals surface area contributed by atoms with Crippen LogP contribution in [-0.2, 0) is 17.7 Å². The number of hydrazone groups is 1. The van der Waals surface area contributed by atoms with Crippen LogP contribution in [0.4, 0.5) is 5.69 Å². The van der Waals surface area contributed by atoms with E-state index in [1.54, 1.807) is 12.3 Å². The van der Waals surface area contributed by atoms with Crippen molar-refractivity contribution in [2.75, 3.05) is 4.41 Å². The zero-order valence-electron chi connectivity index (χ0n) is 6.75. The molecule has 13 heavy (non-hydrogen) atoms. The molecule has 0 saturated heterocycles. The van der Waals surface area contributed by atoms with Gasteiger partial charge in [-0.1, -0.05) is 18.2 Å². The van der Waals surface area contributed by atoms with Gasteiger partial charge in [-0.3, -0.25) is 4.55 Å². The normalized spacial score (nSPS) is 16.8. The monoisotopic (exact) mass is 196 g/mol. The molecular formula is C8H8N2O2S. The van der Waals surface area contributed by atoms with E-state index in [-0.39, 0.29) is 0 Å². The number of benzene rings is 1. The summed E-state index contributed by atoms with van der Waals surface area (Å²) in [4.78, 5) is 0. The highest BCUT2D eigenvalue weighted by atomic mass is 32.2. The lowest BCUT2D eigenvalue weighted by Crippen LogP contribution is -2.23. The largest absolute Gasteiger partial charge is 0.288 e. The zero-order valence-corrected chi connectivity index (χ0v) is 7.57. The summed E-state index contributed by atoms with van der Waals surface area (Å²) < 4.78 is 20.8. The van der Waals surface area contributed by atoms with Gasteiger partial charge in [-0.05, 0) is 11.6 Å². The molecular weight excluding hydrogens is 188 g/mol. The Labute approximate surface area is 78.3 Å². The van der Waals surface area contributed by atoms with Gasteiger partial charge in [-0.15, -0.1) is 0 Å². The number of fused-ring (bicyclic) bond motifs is 1. The van der Waals surface area contributed by atoms with Crippen LogP contribution in [-0.4, -0.2) is 15.0 Å². The molecule has 2 rings (SSSR count). The zero-order chi connectivity index (χ0) is 9.26.